The van der Waals surface area contributed by atoms with Crippen LogP contribution in [0, 0.1) is 0 Å². The lowest BCUT2D eigenvalue weighted by molar-refractivity contribution is -0.930. The van der Waals surface area contributed by atoms with Gasteiger partial charge in [0.15, 0.2) is 0 Å². The topological polar surface area (TPSA) is 33.9 Å². The summed E-state index contributed by atoms with van der Waals surface area (Å²) >= 11 is 0. The Morgan fingerprint density at radius 2 is 1.23 bits per heavy atom. The maximum absolute atomic E-state index is 10.7. The largest absolute Gasteiger partial charge is 0.491 e. The van der Waals surface area contributed by atoms with E-state index in [1.807, 2.05) is 36.4 Å². The molecule has 4 aromatic carbocycles. The molecular formula is C27H28NO2+. The van der Waals surface area contributed by atoms with E-state index in [1.165, 1.54) is 21.4 Å². The normalized spacial score (nSPS) is 12.2. The molecule has 152 valence electrons. The predicted molar refractivity (Wildman–Crippen MR) is 122 cm³/mol. The van der Waals surface area contributed by atoms with E-state index in [4.69, 9.17) is 4.74 Å². The number of ether oxygens (including phenoxy) is 1. The van der Waals surface area contributed by atoms with Gasteiger partial charge in [0.2, 0.25) is 0 Å². The van der Waals surface area contributed by atoms with Crippen molar-refractivity contribution in [2.24, 2.45) is 0 Å². The molecule has 3 heteroatoms. The summed E-state index contributed by atoms with van der Waals surface area (Å²) in [5.41, 5.74) is 2.54. The second-order valence-electron chi connectivity index (χ2n) is 7.75. The fraction of sp³-hybridized carbons (Fsp3) is 0.185. The van der Waals surface area contributed by atoms with Crippen LogP contribution in [0.25, 0.3) is 10.8 Å². The van der Waals surface area contributed by atoms with E-state index in [2.05, 4.69) is 66.7 Å². The van der Waals surface area contributed by atoms with E-state index >= 15 is 0 Å². The van der Waals surface area contributed by atoms with Crippen LogP contribution in [0.15, 0.2) is 103 Å². The Balaban J connectivity index is 1.39. The molecule has 30 heavy (non-hydrogen) atoms. The van der Waals surface area contributed by atoms with Gasteiger partial charge in [0.05, 0.1) is 0 Å². The molecule has 0 aliphatic rings. The SMILES string of the molecule is O[C@H](COc1ccc2ccccc2c1)C[NH+](Cc1ccccc1)Cc1ccccc1. The zero-order valence-electron chi connectivity index (χ0n) is 17.1. The summed E-state index contributed by atoms with van der Waals surface area (Å²) in [6.45, 7) is 2.63. The molecule has 0 saturated heterocycles. The molecule has 1 atom stereocenters. The minimum absolute atomic E-state index is 0.283. The molecule has 3 nitrogen and oxygen atoms in total. The molecule has 0 radical (unpaired) electrons. The van der Waals surface area contributed by atoms with Crippen LogP contribution < -0.4 is 9.64 Å². The van der Waals surface area contributed by atoms with Crippen LogP contribution in [-0.4, -0.2) is 24.4 Å². The number of fused-ring (bicyclic) bond motifs is 1. The highest BCUT2D eigenvalue weighted by molar-refractivity contribution is 5.83. The van der Waals surface area contributed by atoms with Gasteiger partial charge in [0.25, 0.3) is 0 Å². The molecule has 0 unspecified atom stereocenters. The molecule has 0 fully saturated rings. The molecule has 4 aromatic rings. The minimum Gasteiger partial charge on any atom is -0.491 e. The summed E-state index contributed by atoms with van der Waals surface area (Å²) in [6, 6.07) is 35.2. The number of benzene rings is 4. The highest BCUT2D eigenvalue weighted by Gasteiger charge is 2.17. The number of nitrogens with one attached hydrogen (secondary N) is 1. The fourth-order valence-electron chi connectivity index (χ4n) is 3.82. The summed E-state index contributed by atoms with van der Waals surface area (Å²) in [6.07, 6.45) is -0.543. The van der Waals surface area contributed by atoms with Gasteiger partial charge in [-0.2, -0.15) is 0 Å². The molecule has 0 amide bonds. The van der Waals surface area contributed by atoms with E-state index in [-0.39, 0.29) is 6.61 Å². The average Bonchev–Trinajstić information content (AvgIpc) is 2.79. The summed E-state index contributed by atoms with van der Waals surface area (Å²) in [4.78, 5) is 1.31. The van der Waals surface area contributed by atoms with Crippen LogP contribution in [-0.2, 0) is 13.1 Å². The number of quaternary nitrogens is 1. The molecule has 4 rings (SSSR count). The molecule has 0 aromatic heterocycles. The molecule has 0 saturated carbocycles. The van der Waals surface area contributed by atoms with Crippen LogP contribution in [0.2, 0.25) is 0 Å². The van der Waals surface area contributed by atoms with Gasteiger partial charge >= 0.3 is 0 Å². The number of rotatable bonds is 9. The highest BCUT2D eigenvalue weighted by Crippen LogP contribution is 2.20. The lowest BCUT2D eigenvalue weighted by Crippen LogP contribution is -3.10. The first kappa shape index (κ1) is 20.1. The smallest absolute Gasteiger partial charge is 0.137 e. The number of aliphatic hydroxyl groups excluding tert-OH is 1. The Bertz CT molecular complexity index is 1010. The standard InChI is InChI=1S/C27H27NO2/c29-26(21-30-27-16-15-24-13-7-8-14-25(24)17-27)20-28(18-22-9-3-1-4-10-22)19-23-11-5-2-6-12-23/h1-17,26,29H,18-21H2/p+1/t26-/m0/s1. The van der Waals surface area contributed by atoms with E-state index < -0.39 is 6.10 Å². The lowest BCUT2D eigenvalue weighted by atomic mass is 10.1. The zero-order chi connectivity index (χ0) is 20.6. The van der Waals surface area contributed by atoms with Gasteiger partial charge in [-0.3, -0.25) is 0 Å². The van der Waals surface area contributed by atoms with Gasteiger partial charge in [-0.25, -0.2) is 0 Å². The highest BCUT2D eigenvalue weighted by atomic mass is 16.5. The molecule has 0 spiro atoms. The Morgan fingerprint density at radius 1 is 0.667 bits per heavy atom. The molecular weight excluding hydrogens is 370 g/mol. The summed E-state index contributed by atoms with van der Waals surface area (Å²) in [7, 11) is 0. The maximum atomic E-state index is 10.7. The monoisotopic (exact) mass is 398 g/mol. The van der Waals surface area contributed by atoms with E-state index in [0.717, 1.165) is 24.2 Å². The summed E-state index contributed by atoms with van der Waals surface area (Å²) < 4.78 is 5.91. The third-order valence-corrected chi connectivity index (χ3v) is 5.28. The first-order valence-electron chi connectivity index (χ1n) is 10.5. The molecule has 0 heterocycles. The Labute approximate surface area is 178 Å². The van der Waals surface area contributed by atoms with Gasteiger partial charge in [0.1, 0.15) is 38.1 Å². The first-order valence-corrected chi connectivity index (χ1v) is 10.5. The first-order chi connectivity index (χ1) is 14.8. The lowest BCUT2D eigenvalue weighted by Gasteiger charge is -2.23. The number of hydrogen-bond donors (Lipinski definition) is 2. The maximum Gasteiger partial charge on any atom is 0.137 e. The van der Waals surface area contributed by atoms with E-state index in [1.54, 1.807) is 0 Å². The number of aliphatic hydroxyl groups is 1. The third-order valence-electron chi connectivity index (χ3n) is 5.28. The van der Waals surface area contributed by atoms with Crippen molar-refractivity contribution in [2.75, 3.05) is 13.2 Å². The van der Waals surface area contributed by atoms with Crippen LogP contribution >= 0.6 is 0 Å². The fourth-order valence-corrected chi connectivity index (χ4v) is 3.82. The van der Waals surface area contributed by atoms with Crippen molar-refractivity contribution in [3.8, 4) is 5.75 Å². The molecule has 0 bridgehead atoms. The van der Waals surface area contributed by atoms with E-state index in [9.17, 15) is 5.11 Å². The Morgan fingerprint density at radius 3 is 1.87 bits per heavy atom. The van der Waals surface area contributed by atoms with Crippen molar-refractivity contribution >= 4 is 10.8 Å². The van der Waals surface area contributed by atoms with Gasteiger partial charge in [-0.1, -0.05) is 91.0 Å². The Hall–Kier alpha value is -3.14. The van der Waals surface area contributed by atoms with Crippen LogP contribution in [0.3, 0.4) is 0 Å². The van der Waals surface area contributed by atoms with Gasteiger partial charge in [0, 0.05) is 11.1 Å². The van der Waals surface area contributed by atoms with E-state index in [0.29, 0.717) is 6.54 Å². The second kappa shape index (κ2) is 10.1. The Kier molecular flexibility index (Phi) is 6.75. The van der Waals surface area contributed by atoms with Gasteiger partial charge < -0.3 is 14.7 Å². The summed E-state index contributed by atoms with van der Waals surface area (Å²) in [5, 5.41) is 13.0. The molecule has 0 aliphatic heterocycles. The third kappa shape index (κ3) is 5.69. The molecule has 2 N–H and O–H groups in total. The van der Waals surface area contributed by atoms with Crippen molar-refractivity contribution in [3.63, 3.8) is 0 Å². The van der Waals surface area contributed by atoms with Crippen LogP contribution in [0.4, 0.5) is 0 Å². The van der Waals surface area contributed by atoms with Crippen molar-refractivity contribution in [3.05, 3.63) is 114 Å². The summed E-state index contributed by atoms with van der Waals surface area (Å²) in [5.74, 6) is 0.792. The minimum atomic E-state index is -0.543. The van der Waals surface area contributed by atoms with Crippen LogP contribution in [0.1, 0.15) is 11.1 Å². The molecule has 0 aliphatic carbocycles. The van der Waals surface area contributed by atoms with Crippen molar-refractivity contribution in [1.82, 2.24) is 0 Å². The van der Waals surface area contributed by atoms with Gasteiger partial charge in [-0.05, 0) is 22.9 Å². The quantitative estimate of drug-likeness (QED) is 0.449. The second-order valence-corrected chi connectivity index (χ2v) is 7.75. The van der Waals surface area contributed by atoms with Crippen molar-refractivity contribution in [1.29, 1.82) is 0 Å². The van der Waals surface area contributed by atoms with Crippen molar-refractivity contribution < 1.29 is 14.7 Å². The number of hydrogen-bond acceptors (Lipinski definition) is 2. The van der Waals surface area contributed by atoms with Gasteiger partial charge in [-0.15, -0.1) is 0 Å². The zero-order valence-corrected chi connectivity index (χ0v) is 17.1. The average molecular weight is 399 g/mol. The van der Waals surface area contributed by atoms with Crippen LogP contribution in [0.5, 0.6) is 5.75 Å². The van der Waals surface area contributed by atoms with Crippen molar-refractivity contribution in [2.45, 2.75) is 19.2 Å². The predicted octanol–water partition coefficient (Wildman–Crippen LogP) is 3.86.